The minimum absolute atomic E-state index is 0.151. The van der Waals surface area contributed by atoms with Crippen LogP contribution in [0.15, 0.2) is 70.6 Å². The van der Waals surface area contributed by atoms with Crippen molar-refractivity contribution in [2.45, 2.75) is 32.2 Å². The average molecular weight is 496 g/mol. The van der Waals surface area contributed by atoms with Gasteiger partial charge in [-0.05, 0) is 62.7 Å². The van der Waals surface area contributed by atoms with Crippen LogP contribution in [0.3, 0.4) is 0 Å². The number of thiazole rings is 1. The summed E-state index contributed by atoms with van der Waals surface area (Å²) in [5.41, 5.74) is 3.52. The number of aryl methyl sites for hydroxylation is 3. The molecule has 1 heterocycles. The lowest BCUT2D eigenvalue weighted by atomic mass is 10.2. The minimum Gasteiger partial charge on any atom is -0.495 e. The van der Waals surface area contributed by atoms with Gasteiger partial charge < -0.3 is 9.30 Å². The lowest BCUT2D eigenvalue weighted by Gasteiger charge is -2.09. The normalized spacial score (nSPS) is 12.2. The molecule has 1 N–H and O–H groups in total. The molecule has 3 aromatic carbocycles. The Bertz CT molecular complexity index is 1550. The highest BCUT2D eigenvalue weighted by atomic mass is 32.2. The fourth-order valence-electron chi connectivity index (χ4n) is 3.62. The number of rotatable bonds is 6. The lowest BCUT2D eigenvalue weighted by Crippen LogP contribution is -2.16. The summed E-state index contributed by atoms with van der Waals surface area (Å²) in [5, 5.41) is 0. The largest absolute Gasteiger partial charge is 0.495 e. The van der Waals surface area contributed by atoms with E-state index in [9.17, 15) is 13.2 Å². The van der Waals surface area contributed by atoms with Gasteiger partial charge in [0, 0.05) is 17.8 Å². The molecule has 0 aliphatic heterocycles. The molecule has 1 amide bonds. The Labute approximate surface area is 202 Å². The number of nitrogens with zero attached hydrogens (tertiary/aromatic N) is 2. The van der Waals surface area contributed by atoms with Crippen LogP contribution >= 0.6 is 11.3 Å². The number of hydrogen-bond acceptors (Lipinski definition) is 5. The Balaban J connectivity index is 1.70. The van der Waals surface area contributed by atoms with Gasteiger partial charge in [-0.15, -0.1) is 0 Å². The van der Waals surface area contributed by atoms with E-state index in [1.54, 1.807) is 49.6 Å². The molecule has 0 radical (unpaired) electrons. The van der Waals surface area contributed by atoms with Gasteiger partial charge in [0.15, 0.2) is 4.80 Å². The van der Waals surface area contributed by atoms with Crippen LogP contribution in [-0.4, -0.2) is 26.0 Å². The van der Waals surface area contributed by atoms with Gasteiger partial charge in [0.1, 0.15) is 11.3 Å². The van der Waals surface area contributed by atoms with Crippen LogP contribution in [0.2, 0.25) is 0 Å². The number of hydrogen-bond donors (Lipinski definition) is 1. The fraction of sp³-hybridized carbons (Fsp3) is 0.200. The van der Waals surface area contributed by atoms with Crippen molar-refractivity contribution in [1.82, 2.24) is 4.57 Å². The van der Waals surface area contributed by atoms with Gasteiger partial charge in [0.05, 0.1) is 16.7 Å². The van der Waals surface area contributed by atoms with Gasteiger partial charge in [-0.2, -0.15) is 4.99 Å². The molecule has 0 bridgehead atoms. The van der Waals surface area contributed by atoms with Crippen molar-refractivity contribution in [2.24, 2.45) is 4.99 Å². The van der Waals surface area contributed by atoms with Crippen LogP contribution in [0.5, 0.6) is 5.75 Å². The molecule has 0 saturated heterocycles. The van der Waals surface area contributed by atoms with E-state index in [-0.39, 0.29) is 10.5 Å². The SMILES string of the molecule is CCn1c(=NC(=O)c2cccc(NS(=O)(=O)c3ccc(C)cc3)c2)sc2c(C)ccc(OC)c21. The van der Waals surface area contributed by atoms with Crippen molar-refractivity contribution in [3.63, 3.8) is 0 Å². The van der Waals surface area contributed by atoms with Gasteiger partial charge in [-0.25, -0.2) is 8.42 Å². The maximum atomic E-state index is 13.0. The van der Waals surface area contributed by atoms with E-state index in [4.69, 9.17) is 4.74 Å². The molecule has 176 valence electrons. The van der Waals surface area contributed by atoms with Gasteiger partial charge in [-0.3, -0.25) is 9.52 Å². The van der Waals surface area contributed by atoms with Crippen LogP contribution in [0.25, 0.3) is 10.2 Å². The number of benzene rings is 3. The highest BCUT2D eigenvalue weighted by Gasteiger charge is 2.16. The van der Waals surface area contributed by atoms with E-state index in [2.05, 4.69) is 9.71 Å². The fourth-order valence-corrected chi connectivity index (χ4v) is 5.85. The summed E-state index contributed by atoms with van der Waals surface area (Å²) in [6, 6.07) is 16.8. The Hall–Kier alpha value is -3.43. The number of ether oxygens (including phenoxy) is 1. The first-order chi connectivity index (χ1) is 16.2. The summed E-state index contributed by atoms with van der Waals surface area (Å²) >= 11 is 1.42. The predicted octanol–water partition coefficient (Wildman–Crippen LogP) is 4.89. The van der Waals surface area contributed by atoms with E-state index >= 15 is 0 Å². The molecule has 0 fully saturated rings. The number of methoxy groups -OCH3 is 1. The van der Waals surface area contributed by atoms with Crippen molar-refractivity contribution < 1.29 is 17.9 Å². The maximum absolute atomic E-state index is 13.0. The first-order valence-electron chi connectivity index (χ1n) is 10.7. The van der Waals surface area contributed by atoms with Gasteiger partial charge >= 0.3 is 0 Å². The molecule has 0 spiro atoms. The van der Waals surface area contributed by atoms with Crippen molar-refractivity contribution >= 4 is 43.2 Å². The van der Waals surface area contributed by atoms with Crippen LogP contribution < -0.4 is 14.3 Å². The molecular formula is C25H25N3O4S2. The summed E-state index contributed by atoms with van der Waals surface area (Å²) < 4.78 is 36.5. The van der Waals surface area contributed by atoms with E-state index in [1.165, 1.54) is 17.4 Å². The number of aromatic nitrogens is 1. The molecule has 4 rings (SSSR count). The highest BCUT2D eigenvalue weighted by molar-refractivity contribution is 7.92. The van der Waals surface area contributed by atoms with Crippen molar-refractivity contribution in [3.05, 3.63) is 82.2 Å². The van der Waals surface area contributed by atoms with Crippen molar-refractivity contribution in [2.75, 3.05) is 11.8 Å². The van der Waals surface area contributed by atoms with E-state index in [1.807, 2.05) is 37.5 Å². The van der Waals surface area contributed by atoms with E-state index < -0.39 is 15.9 Å². The third-order valence-corrected chi connectivity index (χ3v) is 8.02. The van der Waals surface area contributed by atoms with Crippen molar-refractivity contribution in [1.29, 1.82) is 0 Å². The first kappa shape index (κ1) is 23.7. The first-order valence-corrected chi connectivity index (χ1v) is 13.0. The zero-order valence-electron chi connectivity index (χ0n) is 19.3. The smallest absolute Gasteiger partial charge is 0.279 e. The molecule has 1 aromatic heterocycles. The number of anilines is 1. The van der Waals surface area contributed by atoms with E-state index in [0.717, 1.165) is 27.1 Å². The molecule has 4 aromatic rings. The third kappa shape index (κ3) is 4.62. The second-order valence-electron chi connectivity index (χ2n) is 7.81. The maximum Gasteiger partial charge on any atom is 0.279 e. The monoisotopic (exact) mass is 495 g/mol. The van der Waals surface area contributed by atoms with E-state index in [0.29, 0.717) is 17.0 Å². The van der Waals surface area contributed by atoms with Gasteiger partial charge in [0.25, 0.3) is 15.9 Å². The zero-order chi connectivity index (χ0) is 24.5. The number of nitrogens with one attached hydrogen (secondary N) is 1. The number of carbonyl (C=O) groups excluding carboxylic acids is 1. The number of sulfonamides is 1. The molecule has 34 heavy (non-hydrogen) atoms. The Morgan fingerprint density at radius 1 is 1.09 bits per heavy atom. The van der Waals surface area contributed by atoms with Crippen LogP contribution in [0, 0.1) is 13.8 Å². The summed E-state index contributed by atoms with van der Waals surface area (Å²) in [6.45, 7) is 6.49. The van der Waals surface area contributed by atoms with Crippen LogP contribution in [-0.2, 0) is 16.6 Å². The van der Waals surface area contributed by atoms with Crippen LogP contribution in [0.1, 0.15) is 28.4 Å². The summed E-state index contributed by atoms with van der Waals surface area (Å²) in [6.07, 6.45) is 0. The second-order valence-corrected chi connectivity index (χ2v) is 10.5. The minimum atomic E-state index is -3.78. The Kier molecular flexibility index (Phi) is 6.58. The molecule has 0 atom stereocenters. The Morgan fingerprint density at radius 3 is 2.50 bits per heavy atom. The highest BCUT2D eigenvalue weighted by Crippen LogP contribution is 2.30. The molecule has 0 aliphatic carbocycles. The second kappa shape index (κ2) is 9.44. The van der Waals surface area contributed by atoms with Crippen LogP contribution in [0.4, 0.5) is 5.69 Å². The molecule has 9 heteroatoms. The zero-order valence-corrected chi connectivity index (χ0v) is 21.0. The molecule has 0 aliphatic rings. The van der Waals surface area contributed by atoms with Crippen molar-refractivity contribution in [3.8, 4) is 5.75 Å². The number of fused-ring (bicyclic) bond motifs is 1. The van der Waals surface area contributed by atoms with Gasteiger partial charge in [0.2, 0.25) is 0 Å². The number of carbonyl (C=O) groups is 1. The summed E-state index contributed by atoms with van der Waals surface area (Å²) in [5.74, 6) is 0.266. The molecular weight excluding hydrogens is 470 g/mol. The lowest BCUT2D eigenvalue weighted by molar-refractivity contribution is 0.0998. The number of amides is 1. The molecule has 0 saturated carbocycles. The standard InChI is InChI=1S/C25H25N3O4S2/c1-5-28-22-21(32-4)14-11-17(3)23(22)33-25(28)26-24(29)18-7-6-8-19(15-18)27-34(30,31)20-12-9-16(2)10-13-20/h6-15,27H,5H2,1-4H3. The summed E-state index contributed by atoms with van der Waals surface area (Å²) in [4.78, 5) is 18.1. The quantitative estimate of drug-likeness (QED) is 0.412. The third-order valence-electron chi connectivity index (χ3n) is 5.41. The molecule has 0 unspecified atom stereocenters. The van der Waals surface area contributed by atoms with Gasteiger partial charge in [-0.1, -0.05) is 41.2 Å². The topological polar surface area (TPSA) is 89.8 Å². The Morgan fingerprint density at radius 2 is 1.82 bits per heavy atom. The molecule has 7 nitrogen and oxygen atoms in total. The average Bonchev–Trinajstić information content (AvgIpc) is 3.18. The predicted molar refractivity (Wildman–Crippen MR) is 135 cm³/mol. The summed E-state index contributed by atoms with van der Waals surface area (Å²) in [7, 11) is -2.16.